The number of thiophene rings is 1. The molecule has 34 heavy (non-hydrogen) atoms. The highest BCUT2D eigenvalue weighted by Crippen LogP contribution is 2.30. The summed E-state index contributed by atoms with van der Waals surface area (Å²) < 4.78 is 33.5. The van der Waals surface area contributed by atoms with E-state index >= 15 is 0 Å². The van der Waals surface area contributed by atoms with E-state index in [0.717, 1.165) is 9.44 Å². The first-order valence-corrected chi connectivity index (χ1v) is 11.5. The number of rotatable bonds is 8. The molecular formula is C24H19F2N5O2S. The average molecular weight is 480 g/mol. The van der Waals surface area contributed by atoms with Crippen LogP contribution in [0.5, 0.6) is 0 Å². The van der Waals surface area contributed by atoms with Crippen molar-refractivity contribution in [1.82, 2.24) is 19.7 Å². The molecule has 7 nitrogen and oxygen atoms in total. The second-order valence-electron chi connectivity index (χ2n) is 7.54. The van der Waals surface area contributed by atoms with E-state index in [9.17, 15) is 13.6 Å². The lowest BCUT2D eigenvalue weighted by atomic mass is 10.2. The summed E-state index contributed by atoms with van der Waals surface area (Å²) in [5, 5.41) is 8.72. The Bertz CT molecular complexity index is 1410. The Labute approximate surface area is 197 Å². The number of carbonyl (C=O) groups is 1. The molecule has 5 rings (SSSR count). The molecule has 3 heterocycles. The van der Waals surface area contributed by atoms with Crippen LogP contribution in [0.4, 0.5) is 14.5 Å². The third-order valence-corrected chi connectivity index (χ3v) is 6.09. The van der Waals surface area contributed by atoms with Crippen molar-refractivity contribution in [3.05, 3.63) is 71.9 Å². The molecule has 1 amide bonds. The number of amides is 1. The molecule has 0 aliphatic heterocycles. The highest BCUT2D eigenvalue weighted by molar-refractivity contribution is 7.13. The Hall–Kier alpha value is -3.92. The topological polar surface area (TPSA) is 85.8 Å². The first kappa shape index (κ1) is 21.9. The van der Waals surface area contributed by atoms with Crippen molar-refractivity contribution in [3.63, 3.8) is 0 Å². The Morgan fingerprint density at radius 3 is 2.65 bits per heavy atom. The molecule has 5 aromatic rings. The Morgan fingerprint density at radius 1 is 1.06 bits per heavy atom. The maximum absolute atomic E-state index is 13.7. The highest BCUT2D eigenvalue weighted by atomic mass is 32.1. The predicted molar refractivity (Wildman–Crippen MR) is 126 cm³/mol. The van der Waals surface area contributed by atoms with Gasteiger partial charge in [-0.3, -0.25) is 9.36 Å². The quantitative estimate of drug-likeness (QED) is 0.288. The maximum atomic E-state index is 13.7. The molecule has 1 N–H and O–H groups in total. The van der Waals surface area contributed by atoms with Crippen molar-refractivity contribution in [1.29, 1.82) is 0 Å². The number of alkyl halides is 2. The third-order valence-electron chi connectivity index (χ3n) is 5.22. The molecule has 0 atom stereocenters. The van der Waals surface area contributed by atoms with Gasteiger partial charge in [0.1, 0.15) is 5.82 Å². The normalized spacial score (nSPS) is 11.4. The number of nitrogens with zero attached hydrogens (tertiary/aromatic N) is 4. The summed E-state index contributed by atoms with van der Waals surface area (Å²) in [5.74, 6) is 1.05. The number of para-hydroxylation sites is 2. The lowest BCUT2D eigenvalue weighted by Gasteiger charge is -2.09. The number of aromatic nitrogens is 4. The third kappa shape index (κ3) is 4.58. The van der Waals surface area contributed by atoms with Crippen molar-refractivity contribution in [2.75, 3.05) is 5.32 Å². The number of benzene rings is 2. The van der Waals surface area contributed by atoms with Gasteiger partial charge in [-0.05, 0) is 54.3 Å². The second kappa shape index (κ2) is 9.52. The van der Waals surface area contributed by atoms with E-state index in [1.54, 1.807) is 48.5 Å². The fraction of sp³-hybridized carbons (Fsp3) is 0.167. The molecule has 10 heteroatoms. The van der Waals surface area contributed by atoms with Gasteiger partial charge >= 0.3 is 6.55 Å². The molecule has 0 spiro atoms. The smallest absolute Gasteiger partial charge is 0.320 e. The van der Waals surface area contributed by atoms with Crippen molar-refractivity contribution in [3.8, 4) is 22.1 Å². The average Bonchev–Trinajstić information content (AvgIpc) is 3.58. The number of fused-ring (bicyclic) bond motifs is 1. The molecule has 3 aromatic heterocycles. The summed E-state index contributed by atoms with van der Waals surface area (Å²) in [7, 11) is 0. The van der Waals surface area contributed by atoms with Gasteiger partial charge in [-0.2, -0.15) is 13.8 Å². The number of hydrogen-bond acceptors (Lipinski definition) is 6. The predicted octanol–water partition coefficient (Wildman–Crippen LogP) is 6.17. The Morgan fingerprint density at radius 2 is 1.88 bits per heavy atom. The van der Waals surface area contributed by atoms with E-state index in [2.05, 4.69) is 20.4 Å². The van der Waals surface area contributed by atoms with Gasteiger partial charge in [-0.1, -0.05) is 23.4 Å². The molecule has 0 radical (unpaired) electrons. The Balaban J connectivity index is 1.19. The number of halogens is 2. The number of hydrogen-bond donors (Lipinski definition) is 1. The van der Waals surface area contributed by atoms with Crippen LogP contribution in [0.15, 0.2) is 70.6 Å². The van der Waals surface area contributed by atoms with Gasteiger partial charge < -0.3 is 9.84 Å². The van der Waals surface area contributed by atoms with Crippen LogP contribution >= 0.6 is 11.3 Å². The standard InChI is InChI=1S/C24H19F2N5O2S/c25-24(26)31-18-6-2-1-5-17(18)28-23(31)15-10-12-16(13-11-15)27-20(32)8-3-9-21-29-22(30-33-21)19-7-4-14-34-19/h1-2,4-7,10-14,24H,3,8-9H2,(H,27,32). The lowest BCUT2D eigenvalue weighted by Crippen LogP contribution is -2.11. The maximum Gasteiger partial charge on any atom is 0.320 e. The summed E-state index contributed by atoms with van der Waals surface area (Å²) in [5.41, 5.74) is 1.98. The van der Waals surface area contributed by atoms with Gasteiger partial charge in [0, 0.05) is 24.1 Å². The molecular weight excluding hydrogens is 460 g/mol. The van der Waals surface area contributed by atoms with Gasteiger partial charge in [0.25, 0.3) is 0 Å². The SMILES string of the molecule is O=C(CCCc1nc(-c2cccs2)no1)Nc1ccc(-c2nc3ccccc3n2C(F)F)cc1. The highest BCUT2D eigenvalue weighted by Gasteiger charge is 2.18. The Kier molecular flexibility index (Phi) is 6.13. The minimum absolute atomic E-state index is 0.162. The van der Waals surface area contributed by atoms with Gasteiger partial charge in [0.2, 0.25) is 17.6 Å². The zero-order valence-electron chi connectivity index (χ0n) is 17.8. The van der Waals surface area contributed by atoms with Crippen molar-refractivity contribution in [2.45, 2.75) is 25.8 Å². The molecule has 0 saturated heterocycles. The molecule has 0 unspecified atom stereocenters. The van der Waals surface area contributed by atoms with Crippen LogP contribution < -0.4 is 5.32 Å². The fourth-order valence-electron chi connectivity index (χ4n) is 3.63. The molecule has 0 fully saturated rings. The lowest BCUT2D eigenvalue weighted by molar-refractivity contribution is -0.116. The molecule has 0 aliphatic rings. The number of carbonyl (C=O) groups excluding carboxylic acids is 1. The minimum atomic E-state index is -2.72. The van der Waals surface area contributed by atoms with E-state index in [0.29, 0.717) is 46.8 Å². The van der Waals surface area contributed by atoms with E-state index in [1.807, 2.05) is 17.5 Å². The number of aryl methyl sites for hydroxylation is 1. The van der Waals surface area contributed by atoms with Crippen LogP contribution in [0.25, 0.3) is 33.1 Å². The molecule has 172 valence electrons. The molecule has 0 aliphatic carbocycles. The summed E-state index contributed by atoms with van der Waals surface area (Å²) in [4.78, 5) is 22.0. The van der Waals surface area contributed by atoms with Crippen LogP contribution in [0.2, 0.25) is 0 Å². The number of nitrogens with one attached hydrogen (secondary N) is 1. The molecule has 0 saturated carbocycles. The van der Waals surface area contributed by atoms with Crippen LogP contribution in [0, 0.1) is 0 Å². The number of imidazole rings is 1. The van der Waals surface area contributed by atoms with E-state index < -0.39 is 6.55 Å². The zero-order valence-corrected chi connectivity index (χ0v) is 18.6. The largest absolute Gasteiger partial charge is 0.339 e. The summed E-state index contributed by atoms with van der Waals surface area (Å²) in [6, 6.07) is 17.3. The monoisotopic (exact) mass is 479 g/mol. The van der Waals surface area contributed by atoms with E-state index in [4.69, 9.17) is 4.52 Å². The molecule has 0 bridgehead atoms. The minimum Gasteiger partial charge on any atom is -0.339 e. The van der Waals surface area contributed by atoms with Crippen LogP contribution in [-0.2, 0) is 11.2 Å². The first-order chi connectivity index (χ1) is 16.6. The first-order valence-electron chi connectivity index (χ1n) is 10.6. The van der Waals surface area contributed by atoms with E-state index in [-0.39, 0.29) is 18.2 Å². The van der Waals surface area contributed by atoms with Crippen LogP contribution in [0.3, 0.4) is 0 Å². The van der Waals surface area contributed by atoms with Gasteiger partial charge in [-0.25, -0.2) is 4.98 Å². The van der Waals surface area contributed by atoms with Crippen molar-refractivity contribution < 1.29 is 18.1 Å². The van der Waals surface area contributed by atoms with E-state index in [1.165, 1.54) is 11.3 Å². The van der Waals surface area contributed by atoms with Gasteiger partial charge in [-0.15, -0.1) is 11.3 Å². The van der Waals surface area contributed by atoms with Crippen LogP contribution in [-0.4, -0.2) is 25.6 Å². The second-order valence-corrected chi connectivity index (χ2v) is 8.49. The number of anilines is 1. The van der Waals surface area contributed by atoms with Crippen LogP contribution in [0.1, 0.15) is 25.3 Å². The van der Waals surface area contributed by atoms with Gasteiger partial charge in [0.15, 0.2) is 0 Å². The molecule has 2 aromatic carbocycles. The van der Waals surface area contributed by atoms with Crippen molar-refractivity contribution >= 4 is 34.0 Å². The summed E-state index contributed by atoms with van der Waals surface area (Å²) >= 11 is 1.53. The summed E-state index contributed by atoms with van der Waals surface area (Å²) in [6.45, 7) is -2.72. The van der Waals surface area contributed by atoms with Gasteiger partial charge in [0.05, 0.1) is 15.9 Å². The van der Waals surface area contributed by atoms with Crippen molar-refractivity contribution in [2.24, 2.45) is 0 Å². The fourth-order valence-corrected chi connectivity index (χ4v) is 4.28. The summed E-state index contributed by atoms with van der Waals surface area (Å²) in [6.07, 6.45) is 1.32. The zero-order chi connectivity index (χ0) is 23.5.